The van der Waals surface area contributed by atoms with Crippen LogP contribution >= 0.6 is 0 Å². The summed E-state index contributed by atoms with van der Waals surface area (Å²) in [7, 11) is 3.32. The Morgan fingerprint density at radius 1 is 1.33 bits per heavy atom. The zero-order valence-electron chi connectivity index (χ0n) is 14.4. The second kappa shape index (κ2) is 4.62. The smallest absolute Gasteiger partial charge is 0.314 e. The molecule has 7 nitrogen and oxygen atoms in total. The molecular formula is C17H22N4O3. The van der Waals surface area contributed by atoms with Crippen molar-refractivity contribution in [2.45, 2.75) is 20.3 Å². The van der Waals surface area contributed by atoms with Gasteiger partial charge in [-0.25, -0.2) is 4.52 Å². The van der Waals surface area contributed by atoms with Gasteiger partial charge in [0, 0.05) is 32.5 Å². The van der Waals surface area contributed by atoms with Crippen molar-refractivity contribution < 1.29 is 14.3 Å². The van der Waals surface area contributed by atoms with Crippen LogP contribution in [0, 0.1) is 16.7 Å². The van der Waals surface area contributed by atoms with Crippen LogP contribution in [-0.4, -0.2) is 51.2 Å². The fourth-order valence-corrected chi connectivity index (χ4v) is 4.90. The summed E-state index contributed by atoms with van der Waals surface area (Å²) in [6.07, 6.45) is 6.05. The van der Waals surface area contributed by atoms with Crippen molar-refractivity contribution >= 4 is 17.5 Å². The summed E-state index contributed by atoms with van der Waals surface area (Å²) < 4.78 is 8.62. The van der Waals surface area contributed by atoms with Gasteiger partial charge in [-0.2, -0.15) is 5.10 Å². The highest BCUT2D eigenvalue weighted by atomic mass is 16.5. The zero-order valence-corrected chi connectivity index (χ0v) is 14.4. The molecule has 7 heteroatoms. The number of aryl methyl sites for hydroxylation is 1. The van der Waals surface area contributed by atoms with Crippen molar-refractivity contribution in [1.29, 1.82) is 0 Å². The number of ether oxygens (including phenoxy) is 1. The normalized spacial score (nSPS) is 27.8. The molecule has 2 aliphatic rings. The van der Waals surface area contributed by atoms with Gasteiger partial charge in [0.1, 0.15) is 11.2 Å². The van der Waals surface area contributed by atoms with Gasteiger partial charge in [-0.1, -0.05) is 13.8 Å². The third-order valence-corrected chi connectivity index (χ3v) is 5.90. The first-order valence-corrected chi connectivity index (χ1v) is 8.16. The van der Waals surface area contributed by atoms with E-state index in [9.17, 15) is 9.59 Å². The third-order valence-electron chi connectivity index (χ3n) is 5.90. The first kappa shape index (κ1) is 15.2. The molecule has 0 N–H and O–H groups in total. The standard InChI is InChI=1S/C17H22N4O3/c1-16(2)9-17(15(23)24-4)10-20(8-12(16)17)14(22)11-7-18-21-6-5-19(3)13(11)21/h5-7,12H,8-10H2,1-4H3/t12-,17+/m1/s1. The minimum absolute atomic E-state index is 0.0442. The Morgan fingerprint density at radius 3 is 2.75 bits per heavy atom. The number of nitrogens with zero attached hydrogens (tertiary/aromatic N) is 4. The van der Waals surface area contributed by atoms with Crippen LogP contribution in [0.4, 0.5) is 0 Å². The summed E-state index contributed by atoms with van der Waals surface area (Å²) in [5, 5.41) is 4.24. The number of hydrogen-bond donors (Lipinski definition) is 0. The minimum atomic E-state index is -0.547. The monoisotopic (exact) mass is 330 g/mol. The van der Waals surface area contributed by atoms with Crippen LogP contribution in [0.3, 0.4) is 0 Å². The third kappa shape index (κ3) is 1.75. The second-order valence-corrected chi connectivity index (χ2v) is 7.79. The van der Waals surface area contributed by atoms with E-state index in [0.29, 0.717) is 18.7 Å². The summed E-state index contributed by atoms with van der Waals surface area (Å²) in [5.41, 5.74) is 0.837. The molecule has 0 bridgehead atoms. The molecule has 24 heavy (non-hydrogen) atoms. The van der Waals surface area contributed by atoms with Crippen LogP contribution in [0.2, 0.25) is 0 Å². The van der Waals surface area contributed by atoms with E-state index in [2.05, 4.69) is 18.9 Å². The van der Waals surface area contributed by atoms with Crippen molar-refractivity contribution in [1.82, 2.24) is 19.1 Å². The molecule has 0 aromatic carbocycles. The predicted octanol–water partition coefficient (Wildman–Crippen LogP) is 1.33. The molecule has 2 aromatic heterocycles. The fourth-order valence-electron chi connectivity index (χ4n) is 4.90. The van der Waals surface area contributed by atoms with E-state index >= 15 is 0 Å². The summed E-state index contributed by atoms with van der Waals surface area (Å²) in [6.45, 7) is 5.32. The van der Waals surface area contributed by atoms with Gasteiger partial charge >= 0.3 is 5.97 Å². The van der Waals surface area contributed by atoms with Crippen molar-refractivity contribution in [3.05, 3.63) is 24.2 Å². The van der Waals surface area contributed by atoms with Gasteiger partial charge in [0.15, 0.2) is 0 Å². The largest absolute Gasteiger partial charge is 0.469 e. The first-order valence-electron chi connectivity index (χ1n) is 8.16. The molecule has 2 atom stereocenters. The zero-order chi connectivity index (χ0) is 17.3. The number of amides is 1. The number of carbonyl (C=O) groups is 2. The number of imidazole rings is 1. The lowest BCUT2D eigenvalue weighted by Gasteiger charge is -2.54. The Kier molecular flexibility index (Phi) is 2.93. The van der Waals surface area contributed by atoms with E-state index in [1.807, 2.05) is 24.0 Å². The number of fused-ring (bicyclic) bond motifs is 2. The molecule has 3 heterocycles. The molecule has 2 aromatic rings. The Balaban J connectivity index is 1.67. The highest BCUT2D eigenvalue weighted by Gasteiger charge is 2.68. The number of carbonyl (C=O) groups excluding carboxylic acids is 2. The molecule has 4 rings (SSSR count). The molecule has 1 amide bonds. The van der Waals surface area contributed by atoms with Gasteiger partial charge in [-0.05, 0) is 17.8 Å². The maximum atomic E-state index is 13.1. The van der Waals surface area contributed by atoms with Crippen molar-refractivity contribution in [3.63, 3.8) is 0 Å². The highest BCUT2D eigenvalue weighted by Crippen LogP contribution is 2.63. The lowest BCUT2D eigenvalue weighted by Crippen LogP contribution is -2.57. The quantitative estimate of drug-likeness (QED) is 0.779. The average molecular weight is 330 g/mol. The number of esters is 1. The van der Waals surface area contributed by atoms with Crippen molar-refractivity contribution in [2.24, 2.45) is 23.8 Å². The Labute approximate surface area is 140 Å². The fraction of sp³-hybridized carbons (Fsp3) is 0.588. The van der Waals surface area contributed by atoms with Crippen LogP contribution in [-0.2, 0) is 16.6 Å². The van der Waals surface area contributed by atoms with E-state index in [-0.39, 0.29) is 23.2 Å². The van der Waals surface area contributed by atoms with Gasteiger partial charge in [0.25, 0.3) is 5.91 Å². The van der Waals surface area contributed by atoms with E-state index in [1.165, 1.54) is 7.11 Å². The average Bonchev–Trinajstić information content (AvgIpc) is 3.20. The van der Waals surface area contributed by atoms with Crippen LogP contribution in [0.15, 0.2) is 18.6 Å². The molecule has 1 aliphatic heterocycles. The summed E-state index contributed by atoms with van der Waals surface area (Å²) in [5.74, 6) is -0.123. The maximum absolute atomic E-state index is 13.1. The Morgan fingerprint density at radius 2 is 2.08 bits per heavy atom. The number of rotatable bonds is 2. The molecular weight excluding hydrogens is 308 g/mol. The molecule has 2 fully saturated rings. The van der Waals surface area contributed by atoms with Crippen LogP contribution < -0.4 is 0 Å². The number of aromatic nitrogens is 3. The van der Waals surface area contributed by atoms with Crippen LogP contribution in [0.5, 0.6) is 0 Å². The van der Waals surface area contributed by atoms with E-state index < -0.39 is 5.41 Å². The Bertz CT molecular complexity index is 849. The van der Waals surface area contributed by atoms with Crippen molar-refractivity contribution in [2.75, 3.05) is 20.2 Å². The second-order valence-electron chi connectivity index (χ2n) is 7.79. The molecule has 0 spiro atoms. The van der Waals surface area contributed by atoms with Crippen molar-refractivity contribution in [3.8, 4) is 0 Å². The number of hydrogen-bond acceptors (Lipinski definition) is 4. The molecule has 0 radical (unpaired) electrons. The maximum Gasteiger partial charge on any atom is 0.314 e. The number of methoxy groups -OCH3 is 1. The summed E-state index contributed by atoms with van der Waals surface area (Å²) in [6, 6.07) is 0. The summed E-state index contributed by atoms with van der Waals surface area (Å²) >= 11 is 0. The first-order chi connectivity index (χ1) is 11.3. The van der Waals surface area contributed by atoms with Crippen LogP contribution in [0.1, 0.15) is 30.6 Å². The molecule has 1 aliphatic carbocycles. The minimum Gasteiger partial charge on any atom is -0.469 e. The van der Waals surface area contributed by atoms with Crippen LogP contribution in [0.25, 0.3) is 5.65 Å². The molecule has 0 unspecified atom stereocenters. The van der Waals surface area contributed by atoms with Gasteiger partial charge in [-0.3, -0.25) is 9.59 Å². The molecule has 1 saturated carbocycles. The van der Waals surface area contributed by atoms with Gasteiger partial charge in [-0.15, -0.1) is 0 Å². The van der Waals surface area contributed by atoms with E-state index in [0.717, 1.165) is 12.1 Å². The Hall–Kier alpha value is -2.31. The lowest BCUT2D eigenvalue weighted by atomic mass is 9.48. The molecule has 1 saturated heterocycles. The van der Waals surface area contributed by atoms with Gasteiger partial charge in [0.05, 0.1) is 18.7 Å². The van der Waals surface area contributed by atoms with E-state index in [1.54, 1.807) is 15.6 Å². The highest BCUT2D eigenvalue weighted by molar-refractivity contribution is 6.00. The lowest BCUT2D eigenvalue weighted by molar-refractivity contribution is -0.174. The number of likely N-dealkylation sites (tertiary alicyclic amines) is 1. The molecule has 128 valence electrons. The topological polar surface area (TPSA) is 68.8 Å². The summed E-state index contributed by atoms with van der Waals surface area (Å²) in [4.78, 5) is 27.2. The van der Waals surface area contributed by atoms with Gasteiger partial charge in [0.2, 0.25) is 0 Å². The predicted molar refractivity (Wildman–Crippen MR) is 86.4 cm³/mol. The van der Waals surface area contributed by atoms with Gasteiger partial charge < -0.3 is 14.2 Å². The SMILES string of the molecule is COC(=O)[C@@]12CN(C(=O)c3cnn4ccn(C)c34)C[C@@H]1C(C)(C)C2. The van der Waals surface area contributed by atoms with E-state index in [4.69, 9.17) is 4.74 Å².